The Morgan fingerprint density at radius 3 is 2.81 bits per heavy atom. The van der Waals surface area contributed by atoms with Gasteiger partial charge in [0.05, 0.1) is 13.2 Å². The highest BCUT2D eigenvalue weighted by molar-refractivity contribution is 5.95. The number of morpholine rings is 1. The fourth-order valence-electron chi connectivity index (χ4n) is 3.08. The van der Waals surface area contributed by atoms with Gasteiger partial charge < -0.3 is 15.0 Å². The number of carbonyl (C=O) groups is 1. The molecule has 27 heavy (non-hydrogen) atoms. The largest absolute Gasteiger partial charge is 0.379 e. The van der Waals surface area contributed by atoms with Crippen LogP contribution in [0.2, 0.25) is 0 Å². The van der Waals surface area contributed by atoms with Crippen molar-refractivity contribution in [1.82, 2.24) is 20.2 Å². The molecule has 7 heteroatoms. The van der Waals surface area contributed by atoms with Crippen LogP contribution in [-0.4, -0.2) is 74.3 Å². The molecule has 0 radical (unpaired) electrons. The Hall–Kier alpha value is -2.51. The maximum Gasteiger partial charge on any atom is 0.251 e. The van der Waals surface area contributed by atoms with Crippen LogP contribution in [0.15, 0.2) is 30.5 Å². The number of hydrogen-bond donors (Lipinski definition) is 1. The third-order valence-corrected chi connectivity index (χ3v) is 4.57. The molecule has 1 aromatic heterocycles. The van der Waals surface area contributed by atoms with Gasteiger partial charge in [0.15, 0.2) is 5.82 Å². The molecule has 1 fully saturated rings. The molecule has 1 aliphatic rings. The van der Waals surface area contributed by atoms with Crippen LogP contribution >= 0.6 is 0 Å². The molecular weight excluding hydrogens is 342 g/mol. The SMILES string of the molecule is Cc1cnc(-c2cccc(C(=O)NCCN3CCOCC3)c2)nc1N(C)C. The van der Waals surface area contributed by atoms with E-state index in [1.54, 1.807) is 0 Å². The Balaban J connectivity index is 1.66. The number of rotatable bonds is 6. The number of benzene rings is 1. The second-order valence-corrected chi connectivity index (χ2v) is 6.89. The summed E-state index contributed by atoms with van der Waals surface area (Å²) < 4.78 is 5.34. The van der Waals surface area contributed by atoms with E-state index in [1.807, 2.05) is 56.4 Å². The number of aromatic nitrogens is 2. The van der Waals surface area contributed by atoms with Crippen LogP contribution in [0, 0.1) is 6.92 Å². The Labute approximate surface area is 160 Å². The molecule has 1 aromatic carbocycles. The van der Waals surface area contributed by atoms with E-state index in [0.29, 0.717) is 17.9 Å². The van der Waals surface area contributed by atoms with Gasteiger partial charge in [0.1, 0.15) is 5.82 Å². The zero-order valence-corrected chi connectivity index (χ0v) is 16.2. The van der Waals surface area contributed by atoms with E-state index < -0.39 is 0 Å². The standard InChI is InChI=1S/C20H27N5O2/c1-15-14-22-18(23-19(15)24(2)3)16-5-4-6-17(13-16)20(26)21-7-8-25-9-11-27-12-10-25/h4-6,13-14H,7-12H2,1-3H3,(H,21,26). The Morgan fingerprint density at radius 2 is 2.07 bits per heavy atom. The third-order valence-electron chi connectivity index (χ3n) is 4.57. The second-order valence-electron chi connectivity index (χ2n) is 6.89. The summed E-state index contributed by atoms with van der Waals surface area (Å²) in [5.41, 5.74) is 2.46. The average molecular weight is 369 g/mol. The van der Waals surface area contributed by atoms with Gasteiger partial charge in [0, 0.05) is 63.2 Å². The van der Waals surface area contributed by atoms with Crippen LogP contribution in [0.4, 0.5) is 5.82 Å². The lowest BCUT2D eigenvalue weighted by molar-refractivity contribution is 0.0383. The van der Waals surface area contributed by atoms with Gasteiger partial charge in [-0.15, -0.1) is 0 Å². The number of nitrogens with zero attached hydrogens (tertiary/aromatic N) is 4. The minimum atomic E-state index is -0.0787. The van der Waals surface area contributed by atoms with Crippen molar-refractivity contribution in [3.8, 4) is 11.4 Å². The monoisotopic (exact) mass is 369 g/mol. The first kappa shape index (κ1) is 19.3. The average Bonchev–Trinajstić information content (AvgIpc) is 2.69. The van der Waals surface area contributed by atoms with E-state index in [2.05, 4.69) is 20.2 Å². The van der Waals surface area contributed by atoms with Crippen molar-refractivity contribution in [3.05, 3.63) is 41.6 Å². The van der Waals surface area contributed by atoms with Gasteiger partial charge in [-0.25, -0.2) is 9.97 Å². The molecule has 0 bridgehead atoms. The Morgan fingerprint density at radius 1 is 1.30 bits per heavy atom. The van der Waals surface area contributed by atoms with Gasteiger partial charge in [0.2, 0.25) is 0 Å². The maximum absolute atomic E-state index is 12.5. The van der Waals surface area contributed by atoms with Gasteiger partial charge in [-0.2, -0.15) is 0 Å². The number of aryl methyl sites for hydroxylation is 1. The number of nitrogens with one attached hydrogen (secondary N) is 1. The molecule has 1 amide bonds. The highest BCUT2D eigenvalue weighted by Crippen LogP contribution is 2.21. The van der Waals surface area contributed by atoms with Crippen molar-refractivity contribution in [1.29, 1.82) is 0 Å². The first-order valence-corrected chi connectivity index (χ1v) is 9.24. The highest BCUT2D eigenvalue weighted by atomic mass is 16.5. The molecule has 2 aromatic rings. The molecule has 0 aliphatic carbocycles. The first-order valence-electron chi connectivity index (χ1n) is 9.24. The molecule has 144 valence electrons. The molecule has 0 unspecified atom stereocenters. The molecule has 0 saturated carbocycles. The van der Waals surface area contributed by atoms with Gasteiger partial charge >= 0.3 is 0 Å². The number of hydrogen-bond acceptors (Lipinski definition) is 6. The number of amides is 1. The predicted octanol–water partition coefficient (Wildman–Crippen LogP) is 1.58. The molecule has 2 heterocycles. The lowest BCUT2D eigenvalue weighted by atomic mass is 10.1. The number of anilines is 1. The van der Waals surface area contributed by atoms with E-state index >= 15 is 0 Å². The lowest BCUT2D eigenvalue weighted by Gasteiger charge is -2.26. The lowest BCUT2D eigenvalue weighted by Crippen LogP contribution is -2.41. The van der Waals surface area contributed by atoms with Gasteiger partial charge in [-0.3, -0.25) is 9.69 Å². The molecule has 0 atom stereocenters. The van der Waals surface area contributed by atoms with Crippen molar-refractivity contribution in [2.24, 2.45) is 0 Å². The first-order chi connectivity index (χ1) is 13.0. The Bertz CT molecular complexity index is 788. The Kier molecular flexibility index (Phi) is 6.36. The summed E-state index contributed by atoms with van der Waals surface area (Å²) >= 11 is 0. The van der Waals surface area contributed by atoms with E-state index in [0.717, 1.165) is 49.8 Å². The van der Waals surface area contributed by atoms with E-state index in [9.17, 15) is 4.79 Å². The van der Waals surface area contributed by atoms with Crippen LogP contribution in [0.25, 0.3) is 11.4 Å². The van der Waals surface area contributed by atoms with E-state index in [1.165, 1.54) is 0 Å². The van der Waals surface area contributed by atoms with Crippen LogP contribution in [-0.2, 0) is 4.74 Å². The quantitative estimate of drug-likeness (QED) is 0.834. The van der Waals surface area contributed by atoms with E-state index in [4.69, 9.17) is 4.74 Å². The summed E-state index contributed by atoms with van der Waals surface area (Å²) in [6, 6.07) is 7.45. The van der Waals surface area contributed by atoms with Crippen LogP contribution in [0.1, 0.15) is 15.9 Å². The normalized spacial score (nSPS) is 14.8. The third kappa shape index (κ3) is 5.02. The van der Waals surface area contributed by atoms with Gasteiger partial charge in [-0.05, 0) is 19.1 Å². The maximum atomic E-state index is 12.5. The molecule has 0 spiro atoms. The topological polar surface area (TPSA) is 70.6 Å². The predicted molar refractivity (Wildman–Crippen MR) is 106 cm³/mol. The minimum Gasteiger partial charge on any atom is -0.379 e. The van der Waals surface area contributed by atoms with Gasteiger partial charge in [-0.1, -0.05) is 12.1 Å². The van der Waals surface area contributed by atoms with Crippen LogP contribution in [0.3, 0.4) is 0 Å². The second kappa shape index (κ2) is 8.92. The van der Waals surface area contributed by atoms with Crippen LogP contribution in [0.5, 0.6) is 0 Å². The summed E-state index contributed by atoms with van der Waals surface area (Å²) in [6.07, 6.45) is 1.81. The zero-order valence-electron chi connectivity index (χ0n) is 16.2. The van der Waals surface area contributed by atoms with Crippen molar-refractivity contribution < 1.29 is 9.53 Å². The van der Waals surface area contributed by atoms with Crippen molar-refractivity contribution in [2.75, 3.05) is 58.4 Å². The highest BCUT2D eigenvalue weighted by Gasteiger charge is 2.13. The van der Waals surface area contributed by atoms with E-state index in [-0.39, 0.29) is 5.91 Å². The summed E-state index contributed by atoms with van der Waals surface area (Å²) in [5.74, 6) is 1.41. The van der Waals surface area contributed by atoms with Crippen molar-refractivity contribution >= 4 is 11.7 Å². The number of ether oxygens (including phenoxy) is 1. The van der Waals surface area contributed by atoms with Crippen molar-refractivity contribution in [3.63, 3.8) is 0 Å². The molecule has 1 N–H and O–H groups in total. The summed E-state index contributed by atoms with van der Waals surface area (Å²) in [7, 11) is 3.91. The molecule has 1 saturated heterocycles. The minimum absolute atomic E-state index is 0.0787. The molecule has 7 nitrogen and oxygen atoms in total. The van der Waals surface area contributed by atoms with Crippen LogP contribution < -0.4 is 10.2 Å². The zero-order chi connectivity index (χ0) is 19.2. The summed E-state index contributed by atoms with van der Waals surface area (Å²) in [5, 5.41) is 2.99. The summed E-state index contributed by atoms with van der Waals surface area (Å²) in [6.45, 7) is 6.81. The number of carbonyl (C=O) groups excluding carboxylic acids is 1. The van der Waals surface area contributed by atoms with Gasteiger partial charge in [0.25, 0.3) is 5.91 Å². The molecular formula is C20H27N5O2. The molecule has 1 aliphatic heterocycles. The molecule has 3 rings (SSSR count). The fraction of sp³-hybridized carbons (Fsp3) is 0.450. The fourth-order valence-corrected chi connectivity index (χ4v) is 3.08. The smallest absolute Gasteiger partial charge is 0.251 e. The van der Waals surface area contributed by atoms with Crippen molar-refractivity contribution in [2.45, 2.75) is 6.92 Å². The summed E-state index contributed by atoms with van der Waals surface area (Å²) in [4.78, 5) is 25.8.